The van der Waals surface area contributed by atoms with E-state index in [1.165, 1.54) is 11.1 Å². The zero-order valence-corrected chi connectivity index (χ0v) is 12.1. The highest BCUT2D eigenvalue weighted by Gasteiger charge is 2.48. The molecule has 2 atom stereocenters. The van der Waals surface area contributed by atoms with Gasteiger partial charge in [0.05, 0.1) is 10.9 Å². The Labute approximate surface area is 125 Å². The van der Waals surface area contributed by atoms with Crippen LogP contribution in [0.4, 0.5) is 0 Å². The van der Waals surface area contributed by atoms with Gasteiger partial charge in [-0.2, -0.15) is 0 Å². The van der Waals surface area contributed by atoms with Gasteiger partial charge in [-0.15, -0.1) is 11.8 Å². The molecule has 1 aromatic heterocycles. The Bertz CT molecular complexity index is 564. The lowest BCUT2D eigenvalue weighted by Crippen LogP contribution is -2.46. The van der Waals surface area contributed by atoms with Crippen LogP contribution in [0.15, 0.2) is 18.3 Å². The van der Waals surface area contributed by atoms with Crippen LogP contribution in [0.3, 0.4) is 0 Å². The molecular formula is C13H13ClN2O3S. The van der Waals surface area contributed by atoms with Crippen molar-refractivity contribution in [3.05, 3.63) is 29.0 Å². The third kappa shape index (κ3) is 2.38. The number of hydrogen-bond acceptors (Lipinski definition) is 4. The molecule has 2 aliphatic rings. The van der Waals surface area contributed by atoms with E-state index >= 15 is 0 Å². The molecule has 5 nitrogen and oxygen atoms in total. The molecule has 1 saturated heterocycles. The van der Waals surface area contributed by atoms with E-state index in [-0.39, 0.29) is 22.0 Å². The number of carbonyl (C=O) groups excluding carboxylic acids is 1. The van der Waals surface area contributed by atoms with Crippen molar-refractivity contribution in [3.8, 4) is 0 Å². The molecule has 1 saturated carbocycles. The van der Waals surface area contributed by atoms with Crippen LogP contribution in [0.25, 0.3) is 0 Å². The Morgan fingerprint density at radius 3 is 2.80 bits per heavy atom. The number of carbonyl (C=O) groups is 2. The van der Waals surface area contributed by atoms with E-state index in [0.717, 1.165) is 12.8 Å². The number of aromatic nitrogens is 1. The van der Waals surface area contributed by atoms with Gasteiger partial charge in [0, 0.05) is 11.9 Å². The molecule has 2 fully saturated rings. The summed E-state index contributed by atoms with van der Waals surface area (Å²) in [6.45, 7) is 0. The third-order valence-electron chi connectivity index (χ3n) is 3.57. The molecule has 1 aromatic rings. The van der Waals surface area contributed by atoms with Gasteiger partial charge in [-0.25, -0.2) is 9.78 Å². The Morgan fingerprint density at radius 2 is 2.20 bits per heavy atom. The van der Waals surface area contributed by atoms with Crippen LogP contribution in [0.2, 0.25) is 5.15 Å². The highest BCUT2D eigenvalue weighted by atomic mass is 35.5. The average Bonchev–Trinajstić information content (AvgIpc) is 3.17. The molecule has 3 rings (SSSR count). The van der Waals surface area contributed by atoms with Crippen LogP contribution < -0.4 is 0 Å². The first-order valence-corrected chi connectivity index (χ1v) is 7.80. The molecule has 1 aliphatic heterocycles. The molecule has 1 amide bonds. The van der Waals surface area contributed by atoms with Gasteiger partial charge < -0.3 is 10.0 Å². The first-order chi connectivity index (χ1) is 9.59. The minimum Gasteiger partial charge on any atom is -0.480 e. The normalized spacial score (nSPS) is 25.8. The third-order valence-corrected chi connectivity index (χ3v) is 5.33. The Hall–Kier alpha value is -1.27. The molecular weight excluding hydrogens is 300 g/mol. The largest absolute Gasteiger partial charge is 0.480 e. The molecule has 2 unspecified atom stereocenters. The SMILES string of the molecule is O=C(O)C1CSC(C2CC2)N1C(=O)c1cccnc1Cl. The minimum absolute atomic E-state index is 0.0557. The van der Waals surface area contributed by atoms with E-state index in [4.69, 9.17) is 11.6 Å². The van der Waals surface area contributed by atoms with Crippen LogP contribution >= 0.6 is 23.4 Å². The number of pyridine rings is 1. The van der Waals surface area contributed by atoms with Crippen molar-refractivity contribution in [1.82, 2.24) is 9.88 Å². The van der Waals surface area contributed by atoms with Crippen molar-refractivity contribution >= 4 is 35.2 Å². The smallest absolute Gasteiger partial charge is 0.327 e. The van der Waals surface area contributed by atoms with Crippen molar-refractivity contribution in [2.45, 2.75) is 24.3 Å². The van der Waals surface area contributed by atoms with Crippen molar-refractivity contribution in [2.75, 3.05) is 5.75 Å². The maximum atomic E-state index is 12.7. The van der Waals surface area contributed by atoms with E-state index in [1.807, 2.05) is 0 Å². The Balaban J connectivity index is 1.93. The Morgan fingerprint density at radius 1 is 1.45 bits per heavy atom. The second-order valence-corrected chi connectivity index (χ2v) is 6.48. The first kappa shape index (κ1) is 13.7. The summed E-state index contributed by atoms with van der Waals surface area (Å²) >= 11 is 7.50. The van der Waals surface area contributed by atoms with Crippen molar-refractivity contribution < 1.29 is 14.7 Å². The summed E-state index contributed by atoms with van der Waals surface area (Å²) in [6, 6.07) is 2.43. The first-order valence-electron chi connectivity index (χ1n) is 6.37. The monoisotopic (exact) mass is 312 g/mol. The topological polar surface area (TPSA) is 70.5 Å². The zero-order valence-electron chi connectivity index (χ0n) is 10.5. The maximum Gasteiger partial charge on any atom is 0.327 e. The number of amides is 1. The van der Waals surface area contributed by atoms with Crippen LogP contribution in [-0.2, 0) is 4.79 Å². The van der Waals surface area contributed by atoms with Crippen LogP contribution in [-0.4, -0.2) is 44.0 Å². The fraction of sp³-hybridized carbons (Fsp3) is 0.462. The lowest BCUT2D eigenvalue weighted by atomic mass is 10.2. The molecule has 1 aliphatic carbocycles. The van der Waals surface area contributed by atoms with Gasteiger partial charge in [0.2, 0.25) is 0 Å². The summed E-state index contributed by atoms with van der Waals surface area (Å²) in [5.41, 5.74) is 0.272. The molecule has 0 bridgehead atoms. The number of hydrogen-bond donors (Lipinski definition) is 1. The molecule has 20 heavy (non-hydrogen) atoms. The number of carboxylic acids is 1. The van der Waals surface area contributed by atoms with E-state index in [2.05, 4.69) is 4.98 Å². The highest BCUT2D eigenvalue weighted by Crippen LogP contribution is 2.46. The number of thioether (sulfide) groups is 1. The van der Waals surface area contributed by atoms with E-state index < -0.39 is 12.0 Å². The summed E-state index contributed by atoms with van der Waals surface area (Å²) in [5, 5.41) is 9.38. The number of aliphatic carboxylic acids is 1. The highest BCUT2D eigenvalue weighted by molar-refractivity contribution is 8.00. The summed E-state index contributed by atoms with van der Waals surface area (Å²) in [4.78, 5) is 29.4. The van der Waals surface area contributed by atoms with Gasteiger partial charge in [0.15, 0.2) is 0 Å². The minimum atomic E-state index is -0.964. The summed E-state index contributed by atoms with van der Waals surface area (Å²) in [7, 11) is 0. The van der Waals surface area contributed by atoms with E-state index in [0.29, 0.717) is 11.7 Å². The lowest BCUT2D eigenvalue weighted by Gasteiger charge is -2.27. The molecule has 106 valence electrons. The van der Waals surface area contributed by atoms with Gasteiger partial charge in [-0.3, -0.25) is 4.79 Å². The van der Waals surface area contributed by atoms with Crippen LogP contribution in [0.5, 0.6) is 0 Å². The average molecular weight is 313 g/mol. The van der Waals surface area contributed by atoms with Crippen molar-refractivity contribution in [3.63, 3.8) is 0 Å². The molecule has 0 radical (unpaired) electrons. The molecule has 0 aromatic carbocycles. The Kier molecular flexibility index (Phi) is 3.60. The van der Waals surface area contributed by atoms with Gasteiger partial charge in [0.25, 0.3) is 5.91 Å². The number of nitrogens with zero attached hydrogens (tertiary/aromatic N) is 2. The number of rotatable bonds is 3. The van der Waals surface area contributed by atoms with Gasteiger partial charge in [-0.1, -0.05) is 11.6 Å². The molecule has 7 heteroatoms. The van der Waals surface area contributed by atoms with Crippen LogP contribution in [0, 0.1) is 5.92 Å². The van der Waals surface area contributed by atoms with E-state index in [9.17, 15) is 14.7 Å². The molecule has 2 heterocycles. The van der Waals surface area contributed by atoms with Crippen molar-refractivity contribution in [2.24, 2.45) is 5.92 Å². The predicted molar refractivity (Wildman–Crippen MR) is 75.8 cm³/mol. The van der Waals surface area contributed by atoms with E-state index in [1.54, 1.807) is 23.9 Å². The fourth-order valence-corrected chi connectivity index (χ4v) is 4.23. The maximum absolute atomic E-state index is 12.7. The van der Waals surface area contributed by atoms with Gasteiger partial charge in [0.1, 0.15) is 11.2 Å². The molecule has 1 N–H and O–H groups in total. The zero-order chi connectivity index (χ0) is 14.3. The second kappa shape index (κ2) is 5.26. The molecule has 0 spiro atoms. The number of carboxylic acid groups (broad SMARTS) is 1. The predicted octanol–water partition coefficient (Wildman–Crippen LogP) is 2.11. The van der Waals surface area contributed by atoms with Gasteiger partial charge >= 0.3 is 5.97 Å². The summed E-state index contributed by atoms with van der Waals surface area (Å²) in [6.07, 6.45) is 3.61. The van der Waals surface area contributed by atoms with Crippen molar-refractivity contribution in [1.29, 1.82) is 0 Å². The van der Waals surface area contributed by atoms with Gasteiger partial charge in [-0.05, 0) is 30.9 Å². The summed E-state index contributed by atoms with van der Waals surface area (Å²) in [5.74, 6) is -0.463. The fourth-order valence-electron chi connectivity index (χ4n) is 2.40. The number of halogens is 1. The van der Waals surface area contributed by atoms with Crippen LogP contribution in [0.1, 0.15) is 23.2 Å². The lowest BCUT2D eigenvalue weighted by molar-refractivity contribution is -0.141. The quantitative estimate of drug-likeness (QED) is 0.866. The second-order valence-electron chi connectivity index (χ2n) is 4.97. The summed E-state index contributed by atoms with van der Waals surface area (Å²) < 4.78 is 0. The standard InChI is InChI=1S/C13H13ClN2O3S/c14-10-8(2-1-5-15-10)11(17)16-9(13(18)19)6-20-12(16)7-3-4-7/h1-2,5,7,9,12H,3-4,6H2,(H,18,19).